The quantitative estimate of drug-likeness (QED) is 0.349. The van der Waals surface area contributed by atoms with Crippen molar-refractivity contribution < 1.29 is 29.1 Å². The molecule has 1 heterocycles. The Balaban J connectivity index is 1.78. The van der Waals surface area contributed by atoms with E-state index in [0.717, 1.165) is 5.56 Å². The zero-order valence-electron chi connectivity index (χ0n) is 22.1. The second kappa shape index (κ2) is 8.59. The van der Waals surface area contributed by atoms with Crippen LogP contribution in [0, 0.1) is 35.5 Å². The van der Waals surface area contributed by atoms with Crippen molar-refractivity contribution in [2.45, 2.75) is 36.9 Å². The van der Waals surface area contributed by atoms with E-state index in [-0.39, 0.29) is 12.0 Å². The number of likely N-dealkylation sites (N-methyl/N-ethyl adjacent to an activating group) is 1. The Hall–Kier alpha value is -4.31. The lowest BCUT2D eigenvalue weighted by atomic mass is 9.42. The lowest BCUT2D eigenvalue weighted by Gasteiger charge is -2.60. The average molecular weight is 545 g/mol. The van der Waals surface area contributed by atoms with Gasteiger partial charge in [-0.25, -0.2) is 0 Å². The first kappa shape index (κ1) is 27.3. The van der Waals surface area contributed by atoms with Gasteiger partial charge < -0.3 is 22.3 Å². The number of nitriles is 1. The van der Waals surface area contributed by atoms with Crippen molar-refractivity contribution in [2.75, 3.05) is 14.1 Å². The van der Waals surface area contributed by atoms with Crippen LogP contribution in [0.15, 0.2) is 30.5 Å². The fourth-order valence-corrected chi connectivity index (χ4v) is 7.07. The molecule has 6 atom stereocenters. The van der Waals surface area contributed by atoms with Crippen LogP contribution in [-0.4, -0.2) is 75.2 Å². The first-order valence-corrected chi connectivity index (χ1v) is 12.6. The molecule has 7 N–H and O–H groups in total. The number of primary amides is 1. The average Bonchev–Trinajstić information content (AvgIpc) is 2.83. The fourth-order valence-electron chi connectivity index (χ4n) is 7.07. The molecule has 2 saturated carbocycles. The van der Waals surface area contributed by atoms with Crippen molar-refractivity contribution in [1.82, 2.24) is 9.88 Å². The van der Waals surface area contributed by atoms with Crippen molar-refractivity contribution in [2.24, 2.45) is 34.5 Å². The maximum absolute atomic E-state index is 14.3. The molecule has 0 radical (unpaired) electrons. The summed E-state index contributed by atoms with van der Waals surface area (Å²) in [5.41, 5.74) is 14.4. The standard InChI is InChI=1S/C28H28N6O6/c1-12-4-6-15(33-9-12)13-5-7-16(35)17-14(13)8-26(31)10-28(32)22(34(2)3)21(37)18(25(30)40)23(38)27(28,11-29)24(39)19(26)20(17)36/h4-7,9,18-19,22,35H,8,10,31-32H2,1-3H3,(H2,30,40)/t18?,19?,22-,26-,27+,28-/m1/s1. The van der Waals surface area contributed by atoms with Crippen molar-refractivity contribution in [3.05, 3.63) is 47.2 Å². The van der Waals surface area contributed by atoms with E-state index in [1.807, 2.05) is 13.0 Å². The van der Waals surface area contributed by atoms with E-state index < -0.39 is 75.6 Å². The largest absolute Gasteiger partial charge is 0.507 e. The number of carbonyl (C=O) groups excluding carboxylic acids is 5. The maximum Gasteiger partial charge on any atom is 0.235 e. The minimum Gasteiger partial charge on any atom is -0.507 e. The smallest absolute Gasteiger partial charge is 0.235 e. The molecule has 3 aliphatic carbocycles. The number of amides is 1. The van der Waals surface area contributed by atoms with E-state index in [2.05, 4.69) is 4.98 Å². The molecule has 3 aliphatic rings. The Morgan fingerprint density at radius 2 is 1.80 bits per heavy atom. The predicted molar refractivity (Wildman–Crippen MR) is 139 cm³/mol. The lowest BCUT2D eigenvalue weighted by Crippen LogP contribution is -2.85. The van der Waals surface area contributed by atoms with Crippen molar-refractivity contribution in [3.8, 4) is 23.1 Å². The lowest BCUT2D eigenvalue weighted by molar-refractivity contribution is -0.166. The van der Waals surface area contributed by atoms with Crippen LogP contribution in [0.4, 0.5) is 0 Å². The van der Waals surface area contributed by atoms with Gasteiger partial charge in [0, 0.05) is 17.3 Å². The molecule has 2 fully saturated rings. The molecule has 12 heteroatoms. The number of aromatic nitrogens is 1. The Morgan fingerprint density at radius 3 is 2.35 bits per heavy atom. The molecule has 2 aromatic rings. The summed E-state index contributed by atoms with van der Waals surface area (Å²) in [5, 5.41) is 21.2. The normalized spacial score (nSPS) is 33.2. The zero-order chi connectivity index (χ0) is 29.5. The maximum atomic E-state index is 14.3. The van der Waals surface area contributed by atoms with Crippen LogP contribution in [0.5, 0.6) is 5.75 Å². The van der Waals surface area contributed by atoms with Gasteiger partial charge in [-0.15, -0.1) is 0 Å². The molecular formula is C28H28N6O6. The highest BCUT2D eigenvalue weighted by Crippen LogP contribution is 2.56. The summed E-state index contributed by atoms with van der Waals surface area (Å²) < 4.78 is 0. The van der Waals surface area contributed by atoms with Crippen LogP contribution in [-0.2, 0) is 25.6 Å². The minimum atomic E-state index is -2.78. The predicted octanol–water partition coefficient (Wildman–Crippen LogP) is -0.821. The number of rotatable bonds is 3. The third-order valence-corrected chi connectivity index (χ3v) is 8.66. The topological polar surface area (TPSA) is 224 Å². The SMILES string of the molecule is Cc1ccc(-c2ccc(O)c3c2C[C@@]2(N)C[C@@]4(N)[C@H](N(C)C)C(=O)C(C(N)=O)C(=O)[C@@]4(C#N)C(=O)C2C3=O)nc1. The number of pyridine rings is 1. The number of nitrogens with two attached hydrogens (primary N) is 3. The molecule has 40 heavy (non-hydrogen) atoms. The monoisotopic (exact) mass is 544 g/mol. The summed E-state index contributed by atoms with van der Waals surface area (Å²) in [6, 6.07) is 6.67. The molecule has 0 saturated heterocycles. The van der Waals surface area contributed by atoms with Gasteiger partial charge in [0.1, 0.15) is 11.7 Å². The fraction of sp³-hybridized carbons (Fsp3) is 0.393. The second-order valence-corrected chi connectivity index (χ2v) is 11.3. The van der Waals surface area contributed by atoms with Crippen molar-refractivity contribution in [3.63, 3.8) is 0 Å². The second-order valence-electron chi connectivity index (χ2n) is 11.3. The van der Waals surface area contributed by atoms with Crippen LogP contribution >= 0.6 is 0 Å². The molecule has 0 aliphatic heterocycles. The molecule has 1 amide bonds. The molecular weight excluding hydrogens is 516 g/mol. The number of carbonyl (C=O) groups is 5. The Labute approximate surface area is 229 Å². The number of phenolic OH excluding ortho intramolecular Hbond substituents is 1. The molecule has 1 aromatic heterocycles. The Morgan fingerprint density at radius 1 is 1.12 bits per heavy atom. The van der Waals surface area contributed by atoms with Crippen LogP contribution in [0.25, 0.3) is 11.3 Å². The van der Waals surface area contributed by atoms with E-state index in [1.54, 1.807) is 24.4 Å². The number of Topliss-reactive ketones (excluding diaryl/α,β-unsaturated/α-hetero) is 4. The van der Waals surface area contributed by atoms with E-state index in [4.69, 9.17) is 17.2 Å². The number of fused-ring (bicyclic) bond motifs is 3. The van der Waals surface area contributed by atoms with Crippen molar-refractivity contribution in [1.29, 1.82) is 5.26 Å². The van der Waals surface area contributed by atoms with Crippen molar-refractivity contribution >= 4 is 29.0 Å². The van der Waals surface area contributed by atoms with Crippen LogP contribution in [0.2, 0.25) is 0 Å². The van der Waals surface area contributed by atoms with Gasteiger partial charge in [0.25, 0.3) is 0 Å². The third-order valence-electron chi connectivity index (χ3n) is 8.66. The number of ketones is 4. The summed E-state index contributed by atoms with van der Waals surface area (Å²) >= 11 is 0. The van der Waals surface area contributed by atoms with Crippen LogP contribution in [0.1, 0.15) is 27.9 Å². The first-order chi connectivity index (χ1) is 18.7. The molecule has 206 valence electrons. The first-order valence-electron chi connectivity index (χ1n) is 12.6. The summed E-state index contributed by atoms with van der Waals surface area (Å²) in [7, 11) is 2.90. The van der Waals surface area contributed by atoms with Gasteiger partial charge in [0.05, 0.1) is 28.9 Å². The van der Waals surface area contributed by atoms with Gasteiger partial charge in [-0.1, -0.05) is 6.07 Å². The number of phenols is 1. The van der Waals surface area contributed by atoms with Gasteiger partial charge in [-0.3, -0.25) is 33.9 Å². The van der Waals surface area contributed by atoms with E-state index in [0.29, 0.717) is 16.8 Å². The molecule has 0 bridgehead atoms. The summed E-state index contributed by atoms with van der Waals surface area (Å²) in [4.78, 5) is 73.6. The van der Waals surface area contributed by atoms with Gasteiger partial charge in [-0.05, 0) is 63.2 Å². The van der Waals surface area contributed by atoms with Gasteiger partial charge in [0.2, 0.25) is 5.91 Å². The number of hydrogen-bond acceptors (Lipinski definition) is 11. The van der Waals surface area contributed by atoms with Gasteiger partial charge in [0.15, 0.2) is 34.5 Å². The Kier molecular flexibility index (Phi) is 5.86. The molecule has 5 rings (SSSR count). The van der Waals surface area contributed by atoms with E-state index in [1.165, 1.54) is 25.1 Å². The number of aryl methyl sites for hydroxylation is 1. The number of aromatic hydroxyl groups is 1. The minimum absolute atomic E-state index is 0.161. The highest BCUT2D eigenvalue weighted by Gasteiger charge is 2.78. The third kappa shape index (κ3) is 3.22. The molecule has 0 spiro atoms. The van der Waals surface area contributed by atoms with E-state index >= 15 is 0 Å². The summed E-state index contributed by atoms with van der Waals surface area (Å²) in [6.45, 7) is 1.86. The molecule has 2 unspecified atom stereocenters. The summed E-state index contributed by atoms with van der Waals surface area (Å²) in [6.07, 6.45) is 1.00. The van der Waals surface area contributed by atoms with Crippen LogP contribution < -0.4 is 17.2 Å². The number of benzene rings is 1. The van der Waals surface area contributed by atoms with Gasteiger partial charge >= 0.3 is 0 Å². The molecule has 12 nitrogen and oxygen atoms in total. The highest BCUT2D eigenvalue weighted by atomic mass is 16.3. The van der Waals surface area contributed by atoms with Crippen LogP contribution in [0.3, 0.4) is 0 Å². The van der Waals surface area contributed by atoms with Gasteiger partial charge in [-0.2, -0.15) is 5.26 Å². The van der Waals surface area contributed by atoms with E-state index in [9.17, 15) is 34.3 Å². The Bertz CT molecular complexity index is 1580. The zero-order valence-corrected chi connectivity index (χ0v) is 22.1. The number of nitrogens with zero attached hydrogens (tertiary/aromatic N) is 3. The highest BCUT2D eigenvalue weighted by molar-refractivity contribution is 6.33. The summed E-state index contributed by atoms with van der Waals surface area (Å²) in [5.74, 6) is -10.0. The molecule has 1 aromatic carbocycles. The number of hydrogen-bond donors (Lipinski definition) is 4.